The van der Waals surface area contributed by atoms with E-state index in [0.29, 0.717) is 24.0 Å². The first-order valence-corrected chi connectivity index (χ1v) is 11.2. The number of hydrogen-bond acceptors (Lipinski definition) is 5. The lowest BCUT2D eigenvalue weighted by atomic mass is 10.0. The molecular weight excluding hydrogens is 408 g/mol. The van der Waals surface area contributed by atoms with Gasteiger partial charge in [0.25, 0.3) is 5.91 Å². The van der Waals surface area contributed by atoms with Crippen molar-refractivity contribution in [3.8, 4) is 0 Å². The molecule has 6 nitrogen and oxygen atoms in total. The Bertz CT molecular complexity index is 1020. The first kappa shape index (κ1) is 22.5. The number of hydrogen-bond donors (Lipinski definition) is 3. The first-order valence-electron chi connectivity index (χ1n) is 10.3. The van der Waals surface area contributed by atoms with Gasteiger partial charge in [-0.1, -0.05) is 56.3 Å². The molecule has 3 aromatic rings. The topological polar surface area (TPSA) is 83.1 Å². The molecule has 0 fully saturated rings. The summed E-state index contributed by atoms with van der Waals surface area (Å²) in [5.41, 5.74) is 3.31. The number of aryl methyl sites for hydroxylation is 1. The van der Waals surface area contributed by atoms with Crippen LogP contribution in [0.25, 0.3) is 0 Å². The highest BCUT2D eigenvalue weighted by Gasteiger charge is 2.23. The minimum atomic E-state index is -0.677. The Balaban J connectivity index is 1.69. The molecule has 0 saturated heterocycles. The van der Waals surface area contributed by atoms with Gasteiger partial charge in [0.2, 0.25) is 5.91 Å². The third kappa shape index (κ3) is 6.93. The van der Waals surface area contributed by atoms with Crippen LogP contribution in [0, 0.1) is 12.8 Å². The molecule has 1 heterocycles. The lowest BCUT2D eigenvalue weighted by Gasteiger charge is -2.19. The smallest absolute Gasteiger partial charge is 0.271 e. The zero-order valence-corrected chi connectivity index (χ0v) is 18.8. The normalized spacial score (nSPS) is 11.7. The van der Waals surface area contributed by atoms with E-state index in [-0.39, 0.29) is 17.5 Å². The highest BCUT2D eigenvalue weighted by Crippen LogP contribution is 2.21. The third-order valence-corrected chi connectivity index (χ3v) is 5.35. The van der Waals surface area contributed by atoms with Gasteiger partial charge in [-0.05, 0) is 36.1 Å². The molecule has 0 bridgehead atoms. The zero-order chi connectivity index (χ0) is 22.2. The summed E-state index contributed by atoms with van der Waals surface area (Å²) >= 11 is 1.35. The number of nitrogens with one attached hydrogen (secondary N) is 3. The van der Waals surface area contributed by atoms with Gasteiger partial charge in [0.05, 0.1) is 0 Å². The molecule has 0 spiro atoms. The number of amides is 2. The fourth-order valence-electron chi connectivity index (χ4n) is 3.00. The van der Waals surface area contributed by atoms with Crippen molar-refractivity contribution in [2.75, 3.05) is 11.9 Å². The molecule has 2 amide bonds. The summed E-state index contributed by atoms with van der Waals surface area (Å²) in [6, 6.07) is 16.9. The summed E-state index contributed by atoms with van der Waals surface area (Å²) in [4.78, 5) is 30.0. The SMILES string of the molecule is Cc1cccc(Nc2nc(C(=O)NC(Cc3ccccc3)C(=O)NCC(C)C)cs2)c1. The third-order valence-electron chi connectivity index (χ3n) is 4.60. The molecule has 0 radical (unpaired) electrons. The van der Waals surface area contributed by atoms with Crippen molar-refractivity contribution in [1.29, 1.82) is 0 Å². The van der Waals surface area contributed by atoms with Crippen molar-refractivity contribution in [3.63, 3.8) is 0 Å². The molecule has 0 aliphatic rings. The number of benzene rings is 2. The van der Waals surface area contributed by atoms with Gasteiger partial charge in [-0.3, -0.25) is 9.59 Å². The molecule has 1 atom stereocenters. The van der Waals surface area contributed by atoms with Crippen molar-refractivity contribution < 1.29 is 9.59 Å². The van der Waals surface area contributed by atoms with Crippen LogP contribution in [0.4, 0.5) is 10.8 Å². The van der Waals surface area contributed by atoms with E-state index in [1.54, 1.807) is 5.38 Å². The van der Waals surface area contributed by atoms with E-state index in [1.807, 2.05) is 75.4 Å². The second-order valence-electron chi connectivity index (χ2n) is 7.89. The largest absolute Gasteiger partial charge is 0.354 e. The molecule has 0 aliphatic carbocycles. The molecule has 7 heteroatoms. The second-order valence-corrected chi connectivity index (χ2v) is 8.75. The van der Waals surface area contributed by atoms with Gasteiger partial charge in [0, 0.05) is 24.0 Å². The van der Waals surface area contributed by atoms with Crippen LogP contribution in [0.3, 0.4) is 0 Å². The fraction of sp³-hybridized carbons (Fsp3) is 0.292. The van der Waals surface area contributed by atoms with E-state index in [2.05, 4.69) is 20.9 Å². The van der Waals surface area contributed by atoms with Gasteiger partial charge >= 0.3 is 0 Å². The minimum Gasteiger partial charge on any atom is -0.354 e. The predicted molar refractivity (Wildman–Crippen MR) is 126 cm³/mol. The van der Waals surface area contributed by atoms with E-state index >= 15 is 0 Å². The number of aromatic nitrogens is 1. The van der Waals surface area contributed by atoms with Crippen LogP contribution in [0.1, 0.15) is 35.5 Å². The monoisotopic (exact) mass is 436 g/mol. The first-order chi connectivity index (χ1) is 14.9. The van der Waals surface area contributed by atoms with Crippen LogP contribution in [-0.2, 0) is 11.2 Å². The summed E-state index contributed by atoms with van der Waals surface area (Å²) in [7, 11) is 0. The van der Waals surface area contributed by atoms with Crippen LogP contribution < -0.4 is 16.0 Å². The highest BCUT2D eigenvalue weighted by atomic mass is 32.1. The maximum Gasteiger partial charge on any atom is 0.271 e. The standard InChI is InChI=1S/C24H28N4O2S/c1-16(2)14-25-22(29)20(13-18-9-5-4-6-10-18)27-23(30)21-15-31-24(28-21)26-19-11-7-8-17(3)12-19/h4-12,15-16,20H,13-14H2,1-3H3,(H,25,29)(H,26,28)(H,27,30). The maximum absolute atomic E-state index is 12.8. The molecule has 3 rings (SSSR count). The summed E-state index contributed by atoms with van der Waals surface area (Å²) in [5, 5.41) is 11.3. The van der Waals surface area contributed by atoms with E-state index < -0.39 is 6.04 Å². The Kier molecular flexibility index (Phi) is 7.78. The Morgan fingerprint density at radius 2 is 1.84 bits per heavy atom. The van der Waals surface area contributed by atoms with Crippen molar-refractivity contribution in [1.82, 2.24) is 15.6 Å². The quantitative estimate of drug-likeness (QED) is 0.467. The summed E-state index contributed by atoms with van der Waals surface area (Å²) in [6.07, 6.45) is 0.412. The molecule has 162 valence electrons. The van der Waals surface area contributed by atoms with Crippen molar-refractivity contribution >= 4 is 34.0 Å². The van der Waals surface area contributed by atoms with Crippen molar-refractivity contribution in [2.24, 2.45) is 5.92 Å². The summed E-state index contributed by atoms with van der Waals surface area (Å²) in [5.74, 6) is -0.237. The van der Waals surface area contributed by atoms with Crippen LogP contribution in [0.15, 0.2) is 60.0 Å². The van der Waals surface area contributed by atoms with Crippen molar-refractivity contribution in [2.45, 2.75) is 33.2 Å². The van der Waals surface area contributed by atoms with Gasteiger partial charge in [-0.25, -0.2) is 4.98 Å². The Morgan fingerprint density at radius 1 is 1.06 bits per heavy atom. The predicted octanol–water partition coefficient (Wildman–Crippen LogP) is 4.31. The summed E-state index contributed by atoms with van der Waals surface area (Å²) in [6.45, 7) is 6.64. The maximum atomic E-state index is 12.8. The van der Waals surface area contributed by atoms with E-state index in [4.69, 9.17) is 0 Å². The van der Waals surface area contributed by atoms with Crippen LogP contribution in [-0.4, -0.2) is 29.4 Å². The zero-order valence-electron chi connectivity index (χ0n) is 18.0. The van der Waals surface area contributed by atoms with Gasteiger partial charge in [0.15, 0.2) is 5.13 Å². The fourth-order valence-corrected chi connectivity index (χ4v) is 3.71. The molecule has 2 aromatic carbocycles. The molecule has 1 aromatic heterocycles. The number of nitrogens with zero attached hydrogens (tertiary/aromatic N) is 1. The van der Waals surface area contributed by atoms with E-state index in [9.17, 15) is 9.59 Å². The van der Waals surface area contributed by atoms with Crippen LogP contribution in [0.2, 0.25) is 0 Å². The number of carbonyl (C=O) groups excluding carboxylic acids is 2. The van der Waals surface area contributed by atoms with Gasteiger partial charge in [-0.2, -0.15) is 0 Å². The lowest BCUT2D eigenvalue weighted by Crippen LogP contribution is -2.48. The van der Waals surface area contributed by atoms with Gasteiger partial charge in [-0.15, -0.1) is 11.3 Å². The van der Waals surface area contributed by atoms with E-state index in [0.717, 1.165) is 16.8 Å². The number of thiazole rings is 1. The Morgan fingerprint density at radius 3 is 2.55 bits per heavy atom. The average Bonchev–Trinajstić information content (AvgIpc) is 3.21. The second kappa shape index (κ2) is 10.7. The van der Waals surface area contributed by atoms with Crippen molar-refractivity contribution in [3.05, 3.63) is 76.8 Å². The summed E-state index contributed by atoms with van der Waals surface area (Å²) < 4.78 is 0. The Labute approximate surface area is 187 Å². The molecule has 0 aliphatic heterocycles. The lowest BCUT2D eigenvalue weighted by molar-refractivity contribution is -0.123. The molecule has 31 heavy (non-hydrogen) atoms. The van der Waals surface area contributed by atoms with Crippen LogP contribution >= 0.6 is 11.3 Å². The molecule has 3 N–H and O–H groups in total. The minimum absolute atomic E-state index is 0.195. The Hall–Kier alpha value is -3.19. The number of anilines is 2. The average molecular weight is 437 g/mol. The molecule has 0 saturated carbocycles. The number of rotatable bonds is 9. The molecule has 1 unspecified atom stereocenters. The number of carbonyl (C=O) groups is 2. The van der Waals surface area contributed by atoms with Gasteiger partial charge < -0.3 is 16.0 Å². The van der Waals surface area contributed by atoms with Gasteiger partial charge in [0.1, 0.15) is 11.7 Å². The molecular formula is C24H28N4O2S. The highest BCUT2D eigenvalue weighted by molar-refractivity contribution is 7.14. The van der Waals surface area contributed by atoms with E-state index in [1.165, 1.54) is 11.3 Å². The van der Waals surface area contributed by atoms with Crippen LogP contribution in [0.5, 0.6) is 0 Å².